The minimum atomic E-state index is -0.896. The SMILES string of the molecule is O=C(O)c1ccc(CNCc2nccs2)cc1. The minimum Gasteiger partial charge on any atom is -0.478 e. The first-order chi connectivity index (χ1) is 8.25. The molecule has 1 heterocycles. The van der Waals surface area contributed by atoms with Crippen LogP contribution in [-0.2, 0) is 13.1 Å². The van der Waals surface area contributed by atoms with E-state index < -0.39 is 5.97 Å². The van der Waals surface area contributed by atoms with Crippen LogP contribution in [-0.4, -0.2) is 16.1 Å². The predicted molar refractivity (Wildman–Crippen MR) is 66.1 cm³/mol. The van der Waals surface area contributed by atoms with Gasteiger partial charge in [-0.25, -0.2) is 9.78 Å². The van der Waals surface area contributed by atoms with E-state index in [9.17, 15) is 4.79 Å². The smallest absolute Gasteiger partial charge is 0.335 e. The van der Waals surface area contributed by atoms with Gasteiger partial charge in [-0.05, 0) is 17.7 Å². The van der Waals surface area contributed by atoms with Crippen molar-refractivity contribution < 1.29 is 9.90 Å². The molecule has 2 aromatic rings. The molecule has 0 bridgehead atoms. The Morgan fingerprint density at radius 3 is 2.65 bits per heavy atom. The number of thiazole rings is 1. The topological polar surface area (TPSA) is 62.2 Å². The van der Waals surface area contributed by atoms with E-state index in [1.54, 1.807) is 29.7 Å². The molecule has 0 aliphatic rings. The van der Waals surface area contributed by atoms with Crippen molar-refractivity contribution >= 4 is 17.3 Å². The Hall–Kier alpha value is -1.72. The van der Waals surface area contributed by atoms with Crippen LogP contribution in [0.15, 0.2) is 35.8 Å². The van der Waals surface area contributed by atoms with Gasteiger partial charge in [-0.15, -0.1) is 11.3 Å². The molecule has 0 fully saturated rings. The van der Waals surface area contributed by atoms with Crippen LogP contribution in [0.1, 0.15) is 20.9 Å². The largest absolute Gasteiger partial charge is 0.478 e. The fraction of sp³-hybridized carbons (Fsp3) is 0.167. The van der Waals surface area contributed by atoms with Crippen molar-refractivity contribution in [2.75, 3.05) is 0 Å². The molecule has 88 valence electrons. The van der Waals surface area contributed by atoms with E-state index >= 15 is 0 Å². The van der Waals surface area contributed by atoms with Gasteiger partial charge in [0.05, 0.1) is 5.56 Å². The highest BCUT2D eigenvalue weighted by molar-refractivity contribution is 7.09. The highest BCUT2D eigenvalue weighted by atomic mass is 32.1. The molecule has 0 saturated heterocycles. The fourth-order valence-corrected chi connectivity index (χ4v) is 2.01. The van der Waals surface area contributed by atoms with Gasteiger partial charge < -0.3 is 10.4 Å². The van der Waals surface area contributed by atoms with Crippen LogP contribution < -0.4 is 5.32 Å². The number of hydrogen-bond acceptors (Lipinski definition) is 4. The molecule has 17 heavy (non-hydrogen) atoms. The van der Waals surface area contributed by atoms with E-state index in [4.69, 9.17) is 5.11 Å². The molecule has 2 N–H and O–H groups in total. The van der Waals surface area contributed by atoms with E-state index in [0.29, 0.717) is 12.1 Å². The first-order valence-electron chi connectivity index (χ1n) is 5.17. The van der Waals surface area contributed by atoms with Crippen LogP contribution in [0.3, 0.4) is 0 Å². The van der Waals surface area contributed by atoms with Gasteiger partial charge in [0.2, 0.25) is 0 Å². The van der Waals surface area contributed by atoms with Crippen LogP contribution >= 0.6 is 11.3 Å². The van der Waals surface area contributed by atoms with Gasteiger partial charge in [-0.2, -0.15) is 0 Å². The van der Waals surface area contributed by atoms with Crippen molar-refractivity contribution in [1.29, 1.82) is 0 Å². The van der Waals surface area contributed by atoms with E-state index in [1.807, 2.05) is 17.5 Å². The minimum absolute atomic E-state index is 0.314. The number of aromatic nitrogens is 1. The van der Waals surface area contributed by atoms with Crippen LogP contribution in [0, 0.1) is 0 Å². The highest BCUT2D eigenvalue weighted by Crippen LogP contribution is 2.06. The first kappa shape index (κ1) is 11.8. The number of carboxylic acids is 1. The maximum Gasteiger partial charge on any atom is 0.335 e. The molecule has 0 radical (unpaired) electrons. The Bertz CT molecular complexity index is 480. The molecule has 0 unspecified atom stereocenters. The third kappa shape index (κ3) is 3.37. The van der Waals surface area contributed by atoms with E-state index in [-0.39, 0.29) is 0 Å². The van der Waals surface area contributed by atoms with Crippen LogP contribution in [0.5, 0.6) is 0 Å². The molecule has 5 heteroatoms. The summed E-state index contributed by atoms with van der Waals surface area (Å²) in [6.07, 6.45) is 1.78. The van der Waals surface area contributed by atoms with Crippen molar-refractivity contribution in [3.05, 3.63) is 52.0 Å². The second-order valence-electron chi connectivity index (χ2n) is 3.53. The van der Waals surface area contributed by atoms with E-state index in [1.165, 1.54) is 0 Å². The molecule has 0 aliphatic heterocycles. The standard InChI is InChI=1S/C12H12N2O2S/c15-12(16)10-3-1-9(2-4-10)7-13-8-11-14-5-6-17-11/h1-6,13H,7-8H2,(H,15,16). The summed E-state index contributed by atoms with van der Waals surface area (Å²) in [5, 5.41) is 15.0. The molecule has 1 aromatic heterocycles. The zero-order valence-corrected chi connectivity index (χ0v) is 9.91. The Morgan fingerprint density at radius 2 is 2.06 bits per heavy atom. The quantitative estimate of drug-likeness (QED) is 0.851. The predicted octanol–water partition coefficient (Wildman–Crippen LogP) is 2.13. The lowest BCUT2D eigenvalue weighted by Gasteiger charge is -2.03. The van der Waals surface area contributed by atoms with Gasteiger partial charge in [0.15, 0.2) is 0 Å². The van der Waals surface area contributed by atoms with Gasteiger partial charge in [0.25, 0.3) is 0 Å². The number of nitrogens with zero attached hydrogens (tertiary/aromatic N) is 1. The van der Waals surface area contributed by atoms with Crippen LogP contribution in [0.2, 0.25) is 0 Å². The average molecular weight is 248 g/mol. The Morgan fingerprint density at radius 1 is 1.29 bits per heavy atom. The van der Waals surface area contributed by atoms with Crippen LogP contribution in [0.4, 0.5) is 0 Å². The number of aromatic carboxylic acids is 1. The molecule has 0 spiro atoms. The zero-order chi connectivity index (χ0) is 12.1. The maximum absolute atomic E-state index is 10.7. The highest BCUT2D eigenvalue weighted by Gasteiger charge is 2.01. The summed E-state index contributed by atoms with van der Waals surface area (Å²) >= 11 is 1.61. The van der Waals surface area contributed by atoms with Crippen molar-refractivity contribution in [1.82, 2.24) is 10.3 Å². The molecule has 0 amide bonds. The summed E-state index contributed by atoms with van der Waals surface area (Å²) in [7, 11) is 0. The third-order valence-electron chi connectivity index (χ3n) is 2.29. The summed E-state index contributed by atoms with van der Waals surface area (Å²) in [5.74, 6) is -0.896. The lowest BCUT2D eigenvalue weighted by atomic mass is 10.1. The number of rotatable bonds is 5. The number of hydrogen-bond donors (Lipinski definition) is 2. The molecule has 4 nitrogen and oxygen atoms in total. The number of nitrogens with one attached hydrogen (secondary N) is 1. The summed E-state index contributed by atoms with van der Waals surface area (Å²) in [6, 6.07) is 6.86. The van der Waals surface area contributed by atoms with Crippen molar-refractivity contribution in [3.8, 4) is 0 Å². The Balaban J connectivity index is 1.85. The second-order valence-corrected chi connectivity index (χ2v) is 4.51. The summed E-state index contributed by atoms with van der Waals surface area (Å²) in [6.45, 7) is 1.44. The second kappa shape index (κ2) is 5.56. The van der Waals surface area contributed by atoms with E-state index in [0.717, 1.165) is 17.1 Å². The molecule has 1 aromatic carbocycles. The fourth-order valence-electron chi connectivity index (χ4n) is 1.42. The molecular formula is C12H12N2O2S. The van der Waals surface area contributed by atoms with Gasteiger partial charge in [0, 0.05) is 24.7 Å². The van der Waals surface area contributed by atoms with Gasteiger partial charge in [0.1, 0.15) is 5.01 Å². The first-order valence-corrected chi connectivity index (χ1v) is 6.05. The molecule has 0 saturated carbocycles. The Labute approximate surface area is 103 Å². The van der Waals surface area contributed by atoms with Crippen molar-refractivity contribution in [3.63, 3.8) is 0 Å². The van der Waals surface area contributed by atoms with Gasteiger partial charge in [-0.3, -0.25) is 0 Å². The monoisotopic (exact) mass is 248 g/mol. The summed E-state index contributed by atoms with van der Waals surface area (Å²) in [4.78, 5) is 14.8. The van der Waals surface area contributed by atoms with Crippen LogP contribution in [0.25, 0.3) is 0 Å². The van der Waals surface area contributed by atoms with Crippen molar-refractivity contribution in [2.24, 2.45) is 0 Å². The molecule has 2 rings (SSSR count). The Kier molecular flexibility index (Phi) is 3.85. The average Bonchev–Trinajstić information content (AvgIpc) is 2.83. The van der Waals surface area contributed by atoms with E-state index in [2.05, 4.69) is 10.3 Å². The summed E-state index contributed by atoms with van der Waals surface area (Å²) in [5.41, 5.74) is 1.38. The number of carbonyl (C=O) groups is 1. The lowest BCUT2D eigenvalue weighted by Crippen LogP contribution is -2.12. The number of carboxylic acid groups (broad SMARTS) is 1. The number of benzene rings is 1. The zero-order valence-electron chi connectivity index (χ0n) is 9.09. The molecular weight excluding hydrogens is 236 g/mol. The molecule has 0 aliphatic carbocycles. The van der Waals surface area contributed by atoms with Gasteiger partial charge >= 0.3 is 5.97 Å². The summed E-state index contributed by atoms with van der Waals surface area (Å²) < 4.78 is 0. The van der Waals surface area contributed by atoms with Gasteiger partial charge in [-0.1, -0.05) is 12.1 Å². The molecule has 0 atom stereocenters. The third-order valence-corrected chi connectivity index (χ3v) is 3.07. The van der Waals surface area contributed by atoms with Crippen molar-refractivity contribution in [2.45, 2.75) is 13.1 Å². The lowest BCUT2D eigenvalue weighted by molar-refractivity contribution is 0.0697. The normalized spacial score (nSPS) is 10.4. The maximum atomic E-state index is 10.7.